The number of carbonyl (C=O) groups is 1. The van der Waals surface area contributed by atoms with Crippen LogP contribution in [0.5, 0.6) is 0 Å². The number of aromatic nitrogens is 4. The Morgan fingerprint density at radius 2 is 1.42 bits per heavy atom. The lowest BCUT2D eigenvalue weighted by molar-refractivity contribution is -0.760. The lowest BCUT2D eigenvalue weighted by atomic mass is 10.0. The molecule has 0 unspecified atom stereocenters. The molecule has 17 heteroatoms. The molecule has 7 rings (SSSR count). The first-order valence-electron chi connectivity index (χ1n) is 18.0. The van der Waals surface area contributed by atoms with Gasteiger partial charge in [-0.1, -0.05) is 54.6 Å². The Morgan fingerprint density at radius 3 is 2.00 bits per heavy atom. The Hall–Kier alpha value is -5.39. The minimum absolute atomic E-state index is 0.0327. The van der Waals surface area contributed by atoms with E-state index in [2.05, 4.69) is 25.8 Å². The fraction of sp³-hybridized carbons (Fsp3) is 0.472. The van der Waals surface area contributed by atoms with Crippen molar-refractivity contribution in [3.8, 4) is 0 Å². The number of aliphatic imine (C=N–C) groups is 2. The summed E-state index contributed by atoms with van der Waals surface area (Å²) in [6.45, 7) is 6.12. The standard InChI is InChI=1S/C36H44N10O7/c1-26(37-31(12-11-27-7-3-2-4-8-27)35(48)39-34-25-46(41-53-34)43-15-19-51-20-16-43)36(49)44(30-21-28-9-5-6-10-29(28)22-30)23-32(47)38-33-24-45(40-52-33)42-13-17-50-18-14-42/h2-10,24-26,30-31,37H,11-23H2,1H3/t26-,31-/m0/s1. The van der Waals surface area contributed by atoms with Gasteiger partial charge in [0.2, 0.25) is 16.4 Å². The molecule has 1 aliphatic carbocycles. The molecule has 2 aromatic carbocycles. The second-order valence-corrected chi connectivity index (χ2v) is 13.3. The van der Waals surface area contributed by atoms with Crippen LogP contribution in [0.25, 0.3) is 0 Å². The molecule has 17 nitrogen and oxygen atoms in total. The summed E-state index contributed by atoms with van der Waals surface area (Å²) in [4.78, 5) is 27.4. The van der Waals surface area contributed by atoms with E-state index in [4.69, 9.17) is 18.5 Å². The third kappa shape index (κ3) is 9.16. The smallest absolute Gasteiger partial charge is 0.324 e. The lowest BCUT2D eigenvalue weighted by Crippen LogP contribution is -2.62. The van der Waals surface area contributed by atoms with Crippen LogP contribution < -0.4 is 35.1 Å². The third-order valence-electron chi connectivity index (χ3n) is 9.64. The van der Waals surface area contributed by atoms with Crippen molar-refractivity contribution < 1.29 is 43.1 Å². The zero-order valence-electron chi connectivity index (χ0n) is 29.7. The van der Waals surface area contributed by atoms with Crippen LogP contribution in [0.1, 0.15) is 30.0 Å². The minimum Gasteiger partial charge on any atom is -0.861 e. The van der Waals surface area contributed by atoms with Crippen LogP contribution in [0.3, 0.4) is 0 Å². The van der Waals surface area contributed by atoms with Crippen molar-refractivity contribution >= 4 is 29.5 Å². The number of rotatable bonds is 14. The predicted molar refractivity (Wildman–Crippen MR) is 186 cm³/mol. The molecule has 0 saturated carbocycles. The molecular formula is C36H44N10O7. The van der Waals surface area contributed by atoms with E-state index >= 15 is 0 Å². The van der Waals surface area contributed by atoms with Gasteiger partial charge in [-0.15, -0.1) is 10.0 Å². The fourth-order valence-corrected chi connectivity index (χ4v) is 6.83. The number of nitrogens with one attached hydrogen (secondary N) is 1. The molecule has 2 saturated heterocycles. The summed E-state index contributed by atoms with van der Waals surface area (Å²) in [5.74, 6) is -1.32. The van der Waals surface area contributed by atoms with Gasteiger partial charge in [-0.2, -0.15) is 0 Å². The Morgan fingerprint density at radius 1 is 0.868 bits per heavy atom. The second kappa shape index (κ2) is 17.0. The molecule has 4 aromatic rings. The molecule has 2 atom stereocenters. The first-order valence-corrected chi connectivity index (χ1v) is 18.0. The molecule has 2 aromatic heterocycles. The monoisotopic (exact) mass is 728 g/mol. The molecule has 0 radical (unpaired) electrons. The summed E-state index contributed by atoms with van der Waals surface area (Å²) in [5.41, 5.74) is 3.28. The summed E-state index contributed by atoms with van der Waals surface area (Å²) in [5, 5.41) is 42.3. The van der Waals surface area contributed by atoms with Gasteiger partial charge in [0.1, 0.15) is 0 Å². The number of aryl methyl sites for hydroxylation is 1. The van der Waals surface area contributed by atoms with Gasteiger partial charge in [-0.3, -0.25) is 19.2 Å². The van der Waals surface area contributed by atoms with Gasteiger partial charge in [0, 0.05) is 18.6 Å². The Bertz CT molecular complexity index is 1850. The van der Waals surface area contributed by atoms with Crippen LogP contribution >= 0.6 is 0 Å². The van der Waals surface area contributed by atoms with Gasteiger partial charge >= 0.3 is 11.8 Å². The Kier molecular flexibility index (Phi) is 11.5. The van der Waals surface area contributed by atoms with Crippen LogP contribution in [0.2, 0.25) is 0 Å². The van der Waals surface area contributed by atoms with Gasteiger partial charge in [0.15, 0.2) is 0 Å². The van der Waals surface area contributed by atoms with Crippen LogP contribution in [0.4, 0.5) is 11.8 Å². The van der Waals surface area contributed by atoms with Crippen LogP contribution in [-0.2, 0) is 33.5 Å². The molecule has 280 valence electrons. The molecule has 4 heterocycles. The zero-order chi connectivity index (χ0) is 36.6. The third-order valence-corrected chi connectivity index (χ3v) is 9.64. The summed E-state index contributed by atoms with van der Waals surface area (Å²) >= 11 is 0. The van der Waals surface area contributed by atoms with E-state index in [1.807, 2.05) is 64.6 Å². The minimum atomic E-state index is -0.854. The molecule has 3 aliphatic rings. The number of hydrogen-bond acceptors (Lipinski definition) is 14. The van der Waals surface area contributed by atoms with Gasteiger partial charge in [-0.05, 0) is 61.1 Å². The highest BCUT2D eigenvalue weighted by atomic mass is 16.5. The predicted octanol–water partition coefficient (Wildman–Crippen LogP) is -1.37. The number of nitrogens with zero attached hydrogens (tertiary/aromatic N) is 9. The van der Waals surface area contributed by atoms with E-state index < -0.39 is 23.9 Å². The van der Waals surface area contributed by atoms with Crippen molar-refractivity contribution in [2.75, 3.05) is 69.2 Å². The molecule has 53 heavy (non-hydrogen) atoms. The maximum absolute atomic E-state index is 14.4. The maximum Gasteiger partial charge on any atom is 0.324 e. The first kappa shape index (κ1) is 36.0. The molecule has 0 spiro atoms. The maximum atomic E-state index is 14.4. The Labute approximate surface area is 306 Å². The highest BCUT2D eigenvalue weighted by Gasteiger charge is 2.33. The van der Waals surface area contributed by atoms with Gasteiger partial charge < -0.3 is 24.6 Å². The summed E-state index contributed by atoms with van der Waals surface area (Å²) in [6, 6.07) is 15.8. The summed E-state index contributed by atoms with van der Waals surface area (Å²) in [7, 11) is 0. The normalized spacial score (nSPS) is 18.2. The molecule has 1 N–H and O–H groups in total. The van der Waals surface area contributed by atoms with Crippen LogP contribution in [0.15, 0.2) is 86.0 Å². The fourth-order valence-electron chi connectivity index (χ4n) is 6.83. The number of ether oxygens (including phenoxy) is 2. The molecule has 2 aliphatic heterocycles. The van der Waals surface area contributed by atoms with Gasteiger partial charge in [0.05, 0.1) is 68.2 Å². The lowest BCUT2D eigenvalue weighted by Gasteiger charge is -2.35. The SMILES string of the molecule is C[C@H](N[C@@H](CCc1ccccc1)/C([O-])=N/c1c[n+](N2CCOCC2)no1)C(=O)N(C/C([O-])=N/c1c[n+](N2CCOCC2)no1)C1Cc2ccccc2C1. The van der Waals surface area contributed by atoms with Crippen LogP contribution in [0, 0.1) is 0 Å². The van der Waals surface area contributed by atoms with E-state index in [9.17, 15) is 15.0 Å². The number of benzene rings is 2. The van der Waals surface area contributed by atoms with E-state index in [0.29, 0.717) is 78.3 Å². The van der Waals surface area contributed by atoms with E-state index in [1.165, 1.54) is 15.8 Å². The topological polar surface area (TPSA) is 188 Å². The number of fused-ring (bicyclic) bond motifs is 1. The van der Waals surface area contributed by atoms with E-state index in [0.717, 1.165) is 16.7 Å². The quantitative estimate of drug-likeness (QED) is 0.0914. The first-order chi connectivity index (χ1) is 25.9. The second-order valence-electron chi connectivity index (χ2n) is 13.3. The number of amides is 1. The number of carbonyl (C=O) groups excluding carboxylic acids is 1. The van der Waals surface area contributed by atoms with Crippen molar-refractivity contribution in [1.82, 2.24) is 20.8 Å². The number of hydrogen-bond donors (Lipinski definition) is 1. The summed E-state index contributed by atoms with van der Waals surface area (Å²) < 4.78 is 21.5. The van der Waals surface area contributed by atoms with Gasteiger partial charge in [0.25, 0.3) is 12.4 Å². The van der Waals surface area contributed by atoms with Crippen molar-refractivity contribution in [3.63, 3.8) is 0 Å². The average Bonchev–Trinajstić information content (AvgIpc) is 3.97. The van der Waals surface area contributed by atoms with E-state index in [-0.39, 0.29) is 30.3 Å². The van der Waals surface area contributed by atoms with Crippen molar-refractivity contribution in [3.05, 3.63) is 83.7 Å². The average molecular weight is 729 g/mol. The zero-order valence-corrected chi connectivity index (χ0v) is 29.7. The van der Waals surface area contributed by atoms with Gasteiger partial charge in [-0.25, -0.2) is 9.98 Å². The highest BCUT2D eigenvalue weighted by molar-refractivity contribution is 5.88. The van der Waals surface area contributed by atoms with Crippen molar-refractivity contribution in [1.29, 1.82) is 0 Å². The molecule has 2 fully saturated rings. The molecule has 0 bridgehead atoms. The van der Waals surface area contributed by atoms with Crippen molar-refractivity contribution in [2.24, 2.45) is 9.98 Å². The highest BCUT2D eigenvalue weighted by Crippen LogP contribution is 2.26. The van der Waals surface area contributed by atoms with E-state index in [1.54, 1.807) is 18.0 Å². The largest absolute Gasteiger partial charge is 0.861 e. The summed E-state index contributed by atoms with van der Waals surface area (Å²) in [6.07, 6.45) is 5.18. The number of morpholine rings is 2. The van der Waals surface area contributed by atoms with Crippen molar-refractivity contribution in [2.45, 2.75) is 50.7 Å². The Balaban J connectivity index is 1.09. The van der Waals surface area contributed by atoms with Crippen LogP contribution in [-0.4, -0.2) is 110 Å². The molecular weight excluding hydrogens is 684 g/mol. The molecule has 1 amide bonds.